The quantitative estimate of drug-likeness (QED) is 0.626. The van der Waals surface area contributed by atoms with Crippen molar-refractivity contribution in [2.45, 2.75) is 13.5 Å². The fourth-order valence-electron chi connectivity index (χ4n) is 2.47. The molecular weight excluding hydrogens is 370 g/mol. The highest BCUT2D eigenvalue weighted by molar-refractivity contribution is 6.32. The Hall–Kier alpha value is -3.19. The maximum atomic E-state index is 12.4. The summed E-state index contributed by atoms with van der Waals surface area (Å²) in [5, 5.41) is 4.75. The molecule has 0 atom stereocenters. The minimum absolute atomic E-state index is 0.0830. The lowest BCUT2D eigenvalue weighted by molar-refractivity contribution is 0.0466. The van der Waals surface area contributed by atoms with Gasteiger partial charge in [-0.05, 0) is 31.2 Å². The summed E-state index contributed by atoms with van der Waals surface area (Å²) < 4.78 is 11.5. The lowest BCUT2D eigenvalue weighted by atomic mass is 10.2. The number of halogens is 1. The fraction of sp³-hybridized carbons (Fsp3) is 0.158. The van der Waals surface area contributed by atoms with E-state index in [4.69, 9.17) is 16.3 Å². The molecule has 2 aromatic heterocycles. The molecule has 0 amide bonds. The Labute approximate surface area is 160 Å². The Kier molecular flexibility index (Phi) is 5.52. The summed E-state index contributed by atoms with van der Waals surface area (Å²) in [5.74, 6) is -1.10. The van der Waals surface area contributed by atoms with E-state index in [9.17, 15) is 9.59 Å². The molecule has 0 bridgehead atoms. The Morgan fingerprint density at radius 3 is 2.63 bits per heavy atom. The van der Waals surface area contributed by atoms with Gasteiger partial charge in [-0.1, -0.05) is 29.8 Å². The zero-order chi connectivity index (χ0) is 19.4. The van der Waals surface area contributed by atoms with Crippen LogP contribution in [0.25, 0.3) is 5.69 Å². The standard InChI is InChI=1S/C19H16ClN3O4/c1-12-14(10-21-23(12)17-9-4-3-7-15(17)20)18(24)27-11-13-6-5-8-16(22-13)19(25)26-2/h3-10H,11H2,1-2H3. The summed E-state index contributed by atoms with van der Waals surface area (Å²) in [6.45, 7) is 1.67. The molecule has 138 valence electrons. The van der Waals surface area contributed by atoms with Crippen LogP contribution in [-0.2, 0) is 16.1 Å². The maximum Gasteiger partial charge on any atom is 0.356 e. The first-order chi connectivity index (χ1) is 13.0. The summed E-state index contributed by atoms with van der Waals surface area (Å²) >= 11 is 6.19. The molecule has 27 heavy (non-hydrogen) atoms. The summed E-state index contributed by atoms with van der Waals surface area (Å²) in [6.07, 6.45) is 1.43. The second-order valence-corrected chi connectivity index (χ2v) is 6.00. The van der Waals surface area contributed by atoms with E-state index in [1.54, 1.807) is 35.9 Å². The van der Waals surface area contributed by atoms with E-state index in [1.165, 1.54) is 19.4 Å². The first kappa shape index (κ1) is 18.6. The Balaban J connectivity index is 1.75. The molecule has 0 aliphatic heterocycles. The van der Waals surface area contributed by atoms with E-state index < -0.39 is 11.9 Å². The maximum absolute atomic E-state index is 12.4. The smallest absolute Gasteiger partial charge is 0.356 e. The highest BCUT2D eigenvalue weighted by atomic mass is 35.5. The van der Waals surface area contributed by atoms with Crippen LogP contribution in [-0.4, -0.2) is 33.8 Å². The van der Waals surface area contributed by atoms with Crippen molar-refractivity contribution in [1.82, 2.24) is 14.8 Å². The third-order valence-corrected chi connectivity index (χ3v) is 4.18. The number of methoxy groups -OCH3 is 1. The monoisotopic (exact) mass is 385 g/mol. The highest BCUT2D eigenvalue weighted by Crippen LogP contribution is 2.22. The minimum Gasteiger partial charge on any atom is -0.464 e. The molecular formula is C19H16ClN3O4. The molecule has 3 aromatic rings. The lowest BCUT2D eigenvalue weighted by Gasteiger charge is -2.08. The number of hydrogen-bond donors (Lipinski definition) is 0. The Bertz CT molecular complexity index is 1000. The van der Waals surface area contributed by atoms with Crippen LogP contribution in [0.5, 0.6) is 0 Å². The molecule has 0 N–H and O–H groups in total. The predicted molar refractivity (Wildman–Crippen MR) is 98.0 cm³/mol. The van der Waals surface area contributed by atoms with Crippen molar-refractivity contribution in [3.05, 3.63) is 76.3 Å². The van der Waals surface area contributed by atoms with Crippen LogP contribution >= 0.6 is 11.6 Å². The molecule has 3 rings (SSSR count). The molecule has 8 heteroatoms. The average Bonchev–Trinajstić information content (AvgIpc) is 3.07. The van der Waals surface area contributed by atoms with Crippen LogP contribution in [0.4, 0.5) is 0 Å². The number of carbonyl (C=O) groups is 2. The van der Waals surface area contributed by atoms with Gasteiger partial charge in [0, 0.05) is 0 Å². The lowest BCUT2D eigenvalue weighted by Crippen LogP contribution is -2.10. The summed E-state index contributed by atoms with van der Waals surface area (Å²) in [5.41, 5.74) is 2.17. The number of carbonyl (C=O) groups excluding carboxylic acids is 2. The number of rotatable bonds is 5. The van der Waals surface area contributed by atoms with Crippen LogP contribution in [0.1, 0.15) is 32.2 Å². The number of aromatic nitrogens is 3. The number of esters is 2. The van der Waals surface area contributed by atoms with Gasteiger partial charge in [0.1, 0.15) is 17.9 Å². The number of para-hydroxylation sites is 1. The van der Waals surface area contributed by atoms with Crippen molar-refractivity contribution in [2.75, 3.05) is 7.11 Å². The zero-order valence-corrected chi connectivity index (χ0v) is 15.4. The molecule has 0 radical (unpaired) electrons. The molecule has 0 spiro atoms. The number of nitrogens with zero attached hydrogens (tertiary/aromatic N) is 3. The second-order valence-electron chi connectivity index (χ2n) is 5.59. The first-order valence-corrected chi connectivity index (χ1v) is 8.40. The van der Waals surface area contributed by atoms with Crippen LogP contribution in [0.3, 0.4) is 0 Å². The van der Waals surface area contributed by atoms with Gasteiger partial charge < -0.3 is 9.47 Å². The third kappa shape index (κ3) is 3.98. The van der Waals surface area contributed by atoms with E-state index in [2.05, 4.69) is 14.8 Å². The van der Waals surface area contributed by atoms with Crippen molar-refractivity contribution in [1.29, 1.82) is 0 Å². The van der Waals surface area contributed by atoms with Gasteiger partial charge in [-0.15, -0.1) is 0 Å². The van der Waals surface area contributed by atoms with Gasteiger partial charge in [0.25, 0.3) is 0 Å². The molecule has 1 aromatic carbocycles. The molecule has 0 aliphatic rings. The van der Waals surface area contributed by atoms with E-state index in [-0.39, 0.29) is 12.3 Å². The van der Waals surface area contributed by atoms with Gasteiger partial charge in [-0.2, -0.15) is 5.10 Å². The largest absolute Gasteiger partial charge is 0.464 e. The van der Waals surface area contributed by atoms with Gasteiger partial charge in [0.15, 0.2) is 0 Å². The van der Waals surface area contributed by atoms with Crippen molar-refractivity contribution in [3.8, 4) is 5.69 Å². The molecule has 0 saturated carbocycles. The van der Waals surface area contributed by atoms with Gasteiger partial charge in [0.2, 0.25) is 0 Å². The first-order valence-electron chi connectivity index (χ1n) is 8.02. The molecule has 0 saturated heterocycles. The summed E-state index contributed by atoms with van der Waals surface area (Å²) in [6, 6.07) is 12.0. The normalized spacial score (nSPS) is 10.5. The van der Waals surface area contributed by atoms with Gasteiger partial charge >= 0.3 is 11.9 Å². The Morgan fingerprint density at radius 2 is 1.89 bits per heavy atom. The zero-order valence-electron chi connectivity index (χ0n) is 14.7. The third-order valence-electron chi connectivity index (χ3n) is 3.86. The SMILES string of the molecule is COC(=O)c1cccc(COC(=O)c2cnn(-c3ccccc3Cl)c2C)n1. The number of pyridine rings is 1. The number of hydrogen-bond acceptors (Lipinski definition) is 6. The predicted octanol–water partition coefficient (Wildman–Crippen LogP) is 3.37. The molecule has 0 aliphatic carbocycles. The van der Waals surface area contributed by atoms with E-state index in [0.717, 1.165) is 0 Å². The van der Waals surface area contributed by atoms with Crippen LogP contribution in [0, 0.1) is 6.92 Å². The van der Waals surface area contributed by atoms with Crippen molar-refractivity contribution in [3.63, 3.8) is 0 Å². The van der Waals surface area contributed by atoms with Crippen molar-refractivity contribution >= 4 is 23.5 Å². The van der Waals surface area contributed by atoms with Gasteiger partial charge in [-0.3, -0.25) is 0 Å². The molecule has 2 heterocycles. The van der Waals surface area contributed by atoms with Gasteiger partial charge in [0.05, 0.1) is 35.4 Å². The fourth-order valence-corrected chi connectivity index (χ4v) is 2.69. The molecule has 0 fully saturated rings. The Morgan fingerprint density at radius 1 is 1.11 bits per heavy atom. The highest BCUT2D eigenvalue weighted by Gasteiger charge is 2.18. The van der Waals surface area contributed by atoms with Gasteiger partial charge in [-0.25, -0.2) is 19.3 Å². The van der Waals surface area contributed by atoms with Crippen LogP contribution in [0.2, 0.25) is 5.02 Å². The van der Waals surface area contributed by atoms with Crippen LogP contribution in [0.15, 0.2) is 48.7 Å². The number of benzene rings is 1. The minimum atomic E-state index is -0.556. The average molecular weight is 386 g/mol. The van der Waals surface area contributed by atoms with E-state index in [1.807, 2.05) is 12.1 Å². The molecule has 0 unspecified atom stereocenters. The number of ether oxygens (including phenoxy) is 2. The van der Waals surface area contributed by atoms with E-state index in [0.29, 0.717) is 27.7 Å². The van der Waals surface area contributed by atoms with Crippen LogP contribution < -0.4 is 0 Å². The van der Waals surface area contributed by atoms with Crippen molar-refractivity contribution in [2.24, 2.45) is 0 Å². The molecule has 7 nitrogen and oxygen atoms in total. The summed E-state index contributed by atoms with van der Waals surface area (Å²) in [4.78, 5) is 28.0. The summed E-state index contributed by atoms with van der Waals surface area (Å²) in [7, 11) is 1.27. The van der Waals surface area contributed by atoms with E-state index >= 15 is 0 Å². The second kappa shape index (κ2) is 8.01. The topological polar surface area (TPSA) is 83.3 Å². The van der Waals surface area contributed by atoms with Crippen molar-refractivity contribution < 1.29 is 19.1 Å².